The maximum absolute atomic E-state index is 12.4. The Labute approximate surface area is 162 Å². The van der Waals surface area contributed by atoms with Crippen LogP contribution >= 0.6 is 24.0 Å². The predicted molar refractivity (Wildman–Crippen MR) is 109 cm³/mol. The SMILES string of the molecule is CC1CCN(C(=S)SCC(=O)NCC23CC4CC(CC(C4)C2)C3)CC1. The molecule has 4 aliphatic carbocycles. The number of rotatable bonds is 4. The van der Waals surface area contributed by atoms with Gasteiger partial charge in [-0.05, 0) is 80.5 Å². The Balaban J connectivity index is 1.20. The molecule has 1 amide bonds. The molecule has 1 heterocycles. The van der Waals surface area contributed by atoms with Gasteiger partial charge in [0.15, 0.2) is 0 Å². The van der Waals surface area contributed by atoms with Crippen molar-refractivity contribution in [3.05, 3.63) is 0 Å². The third kappa shape index (κ3) is 4.18. The van der Waals surface area contributed by atoms with Gasteiger partial charge in [-0.3, -0.25) is 4.79 Å². The molecule has 0 spiro atoms. The first-order valence-corrected chi connectivity index (χ1v) is 11.6. The van der Waals surface area contributed by atoms with Gasteiger partial charge in [-0.1, -0.05) is 30.9 Å². The van der Waals surface area contributed by atoms with Crippen molar-refractivity contribution in [3.63, 3.8) is 0 Å². The zero-order chi connectivity index (χ0) is 17.4. The highest BCUT2D eigenvalue weighted by molar-refractivity contribution is 8.23. The third-order valence-electron chi connectivity index (χ3n) is 7.19. The van der Waals surface area contributed by atoms with Crippen molar-refractivity contribution in [1.82, 2.24) is 10.2 Å². The van der Waals surface area contributed by atoms with Gasteiger partial charge in [-0.15, -0.1) is 0 Å². The maximum atomic E-state index is 12.4. The van der Waals surface area contributed by atoms with Gasteiger partial charge in [0.1, 0.15) is 4.32 Å². The molecule has 5 aliphatic rings. The van der Waals surface area contributed by atoms with Crippen LogP contribution in [0, 0.1) is 29.1 Å². The van der Waals surface area contributed by atoms with Gasteiger partial charge in [-0.25, -0.2) is 0 Å². The van der Waals surface area contributed by atoms with E-state index >= 15 is 0 Å². The lowest BCUT2D eigenvalue weighted by Crippen LogP contribution is -2.51. The first-order valence-electron chi connectivity index (χ1n) is 10.2. The van der Waals surface area contributed by atoms with Gasteiger partial charge in [0, 0.05) is 19.6 Å². The molecule has 0 unspecified atom stereocenters. The molecule has 1 N–H and O–H groups in total. The molecule has 1 aliphatic heterocycles. The van der Waals surface area contributed by atoms with E-state index in [0.29, 0.717) is 11.2 Å². The van der Waals surface area contributed by atoms with Gasteiger partial charge in [-0.2, -0.15) is 0 Å². The van der Waals surface area contributed by atoms with Gasteiger partial charge >= 0.3 is 0 Å². The van der Waals surface area contributed by atoms with Crippen LogP contribution in [0.25, 0.3) is 0 Å². The molecular formula is C20H32N2OS2. The molecule has 5 rings (SSSR count). The van der Waals surface area contributed by atoms with Crippen LogP contribution in [0.1, 0.15) is 58.3 Å². The fourth-order valence-corrected chi connectivity index (χ4v) is 7.33. The second-order valence-corrected chi connectivity index (χ2v) is 11.0. The lowest BCUT2D eigenvalue weighted by atomic mass is 9.49. The first kappa shape index (κ1) is 18.1. The molecule has 5 fully saturated rings. The minimum absolute atomic E-state index is 0.175. The van der Waals surface area contributed by atoms with Crippen molar-refractivity contribution in [1.29, 1.82) is 0 Å². The van der Waals surface area contributed by atoms with Crippen molar-refractivity contribution in [3.8, 4) is 0 Å². The number of hydrogen-bond donors (Lipinski definition) is 1. The Morgan fingerprint density at radius 1 is 1.12 bits per heavy atom. The highest BCUT2D eigenvalue weighted by atomic mass is 32.2. The summed E-state index contributed by atoms with van der Waals surface area (Å²) in [4.78, 5) is 14.6. The van der Waals surface area contributed by atoms with Crippen LogP contribution in [-0.2, 0) is 4.79 Å². The van der Waals surface area contributed by atoms with Crippen molar-refractivity contribution < 1.29 is 4.79 Å². The van der Waals surface area contributed by atoms with Crippen molar-refractivity contribution in [2.45, 2.75) is 58.3 Å². The Morgan fingerprint density at radius 2 is 1.68 bits per heavy atom. The lowest BCUT2D eigenvalue weighted by molar-refractivity contribution is -0.120. The number of carbonyl (C=O) groups excluding carboxylic acids is 1. The third-order valence-corrected chi connectivity index (χ3v) is 8.72. The molecule has 0 aromatic rings. The van der Waals surface area contributed by atoms with E-state index < -0.39 is 0 Å². The number of amides is 1. The second-order valence-electron chi connectivity index (χ2n) is 9.42. The molecular weight excluding hydrogens is 348 g/mol. The normalized spacial score (nSPS) is 37.3. The Bertz CT molecular complexity index is 493. The number of thiocarbonyl (C=S) groups is 1. The van der Waals surface area contributed by atoms with Crippen LogP contribution in [0.2, 0.25) is 0 Å². The van der Waals surface area contributed by atoms with Crippen LogP contribution in [0.3, 0.4) is 0 Å². The molecule has 4 saturated carbocycles. The minimum Gasteiger partial charge on any atom is -0.357 e. The van der Waals surface area contributed by atoms with Crippen LogP contribution in [0.5, 0.6) is 0 Å². The standard InChI is InChI=1S/C20H32N2OS2/c1-14-2-4-22(5-3-14)19(24)25-12-18(23)21-13-20-9-15-6-16(10-20)8-17(7-15)11-20/h14-17H,2-13H2,1H3,(H,21,23). The average Bonchev–Trinajstić information content (AvgIpc) is 2.57. The summed E-state index contributed by atoms with van der Waals surface area (Å²) in [6.07, 6.45) is 10.9. The summed E-state index contributed by atoms with van der Waals surface area (Å²) in [6.45, 7) is 5.33. The van der Waals surface area contributed by atoms with Crippen LogP contribution < -0.4 is 5.32 Å². The van der Waals surface area contributed by atoms with Gasteiger partial charge in [0.05, 0.1) is 5.75 Å². The average molecular weight is 381 g/mol. The number of hydrogen-bond acceptors (Lipinski definition) is 3. The molecule has 0 atom stereocenters. The summed E-state index contributed by atoms with van der Waals surface area (Å²) < 4.78 is 0.914. The Hall–Kier alpha value is -0.290. The number of thioether (sulfide) groups is 1. The molecule has 0 aromatic heterocycles. The molecule has 3 nitrogen and oxygen atoms in total. The number of nitrogens with one attached hydrogen (secondary N) is 1. The van der Waals surface area contributed by atoms with Crippen LogP contribution in [0.15, 0.2) is 0 Å². The summed E-state index contributed by atoms with van der Waals surface area (Å²) in [5.74, 6) is 4.32. The van der Waals surface area contributed by atoms with Crippen molar-refractivity contribution in [2.75, 3.05) is 25.4 Å². The zero-order valence-electron chi connectivity index (χ0n) is 15.5. The highest BCUT2D eigenvalue weighted by Gasteiger charge is 2.50. The van der Waals surface area contributed by atoms with E-state index in [1.807, 2.05) is 0 Å². The van der Waals surface area contributed by atoms with Crippen LogP contribution in [-0.4, -0.2) is 40.5 Å². The summed E-state index contributed by atoms with van der Waals surface area (Å²) in [6, 6.07) is 0. The molecule has 0 aromatic carbocycles. The largest absolute Gasteiger partial charge is 0.357 e. The lowest BCUT2D eigenvalue weighted by Gasteiger charge is -2.56. The molecule has 25 heavy (non-hydrogen) atoms. The van der Waals surface area contributed by atoms with Gasteiger partial charge in [0.2, 0.25) is 5.91 Å². The van der Waals surface area contributed by atoms with E-state index in [2.05, 4.69) is 17.1 Å². The van der Waals surface area contributed by atoms with E-state index in [9.17, 15) is 4.79 Å². The maximum Gasteiger partial charge on any atom is 0.230 e. The Morgan fingerprint density at radius 3 is 2.24 bits per heavy atom. The zero-order valence-corrected chi connectivity index (χ0v) is 17.1. The Kier molecular flexibility index (Phi) is 5.34. The fourth-order valence-electron chi connectivity index (χ4n) is 6.25. The molecule has 0 radical (unpaired) electrons. The quantitative estimate of drug-likeness (QED) is 0.745. The van der Waals surface area contributed by atoms with Crippen molar-refractivity contribution >= 4 is 34.2 Å². The second kappa shape index (κ2) is 7.38. The summed E-state index contributed by atoms with van der Waals surface area (Å²) >= 11 is 7.09. The number of carbonyl (C=O) groups is 1. The monoisotopic (exact) mass is 380 g/mol. The molecule has 1 saturated heterocycles. The first-order chi connectivity index (χ1) is 12.0. The van der Waals surface area contributed by atoms with Crippen LogP contribution in [0.4, 0.5) is 0 Å². The molecule has 5 heteroatoms. The number of nitrogens with zero attached hydrogens (tertiary/aromatic N) is 1. The van der Waals surface area contributed by atoms with E-state index in [1.54, 1.807) is 11.8 Å². The fraction of sp³-hybridized carbons (Fsp3) is 0.900. The topological polar surface area (TPSA) is 32.3 Å². The number of likely N-dealkylation sites (tertiary alicyclic amines) is 1. The summed E-state index contributed by atoms with van der Waals surface area (Å²) in [7, 11) is 0. The highest BCUT2D eigenvalue weighted by Crippen LogP contribution is 2.59. The minimum atomic E-state index is 0.175. The smallest absolute Gasteiger partial charge is 0.230 e. The summed E-state index contributed by atoms with van der Waals surface area (Å²) in [5.41, 5.74) is 0.429. The van der Waals surface area contributed by atoms with E-state index in [1.165, 1.54) is 51.4 Å². The van der Waals surface area contributed by atoms with Gasteiger partial charge < -0.3 is 10.2 Å². The van der Waals surface area contributed by atoms with E-state index in [-0.39, 0.29) is 5.91 Å². The van der Waals surface area contributed by atoms with Crippen molar-refractivity contribution in [2.24, 2.45) is 29.1 Å². The number of piperidine rings is 1. The van der Waals surface area contributed by atoms with Gasteiger partial charge in [0.25, 0.3) is 0 Å². The van der Waals surface area contributed by atoms with E-state index in [4.69, 9.17) is 12.2 Å². The predicted octanol–water partition coefficient (Wildman–Crippen LogP) is 4.07. The summed E-state index contributed by atoms with van der Waals surface area (Å²) in [5, 5.41) is 3.27. The molecule has 4 bridgehead atoms. The van der Waals surface area contributed by atoms with E-state index in [0.717, 1.165) is 47.6 Å². The molecule has 140 valence electrons.